The molecule has 1 N–H and O–H groups in total. The second-order valence-electron chi connectivity index (χ2n) is 3.91. The van der Waals surface area contributed by atoms with Gasteiger partial charge in [-0.25, -0.2) is 9.67 Å². The molecule has 3 rings (SSSR count). The van der Waals surface area contributed by atoms with Crippen molar-refractivity contribution in [1.82, 2.24) is 14.8 Å². The lowest BCUT2D eigenvalue weighted by Gasteiger charge is -2.04. The van der Waals surface area contributed by atoms with E-state index in [2.05, 4.69) is 31.3 Å². The fourth-order valence-electron chi connectivity index (χ4n) is 1.63. The Kier molecular flexibility index (Phi) is 3.34. The molecule has 0 aliphatic rings. The summed E-state index contributed by atoms with van der Waals surface area (Å²) in [5.41, 5.74) is 0.582. The predicted molar refractivity (Wildman–Crippen MR) is 75.7 cm³/mol. The molecule has 6 nitrogen and oxygen atoms in total. The van der Waals surface area contributed by atoms with E-state index in [1.54, 1.807) is 47.5 Å². The van der Waals surface area contributed by atoms with E-state index < -0.39 is 0 Å². The maximum atomic E-state index is 11.9. The van der Waals surface area contributed by atoms with Gasteiger partial charge in [-0.3, -0.25) is 4.79 Å². The van der Waals surface area contributed by atoms with Gasteiger partial charge in [0.05, 0.1) is 11.9 Å². The fourth-order valence-corrected chi connectivity index (χ4v) is 1.94. The number of nitrogens with one attached hydrogen (secondary N) is 1. The molecule has 0 saturated carbocycles. The minimum Gasteiger partial charge on any atom is -0.444 e. The number of furan rings is 1. The first-order chi connectivity index (χ1) is 9.72. The van der Waals surface area contributed by atoms with Crippen LogP contribution in [0.2, 0.25) is 0 Å². The zero-order chi connectivity index (χ0) is 13.9. The molecule has 3 aromatic rings. The Balaban J connectivity index is 1.74. The van der Waals surface area contributed by atoms with Crippen molar-refractivity contribution in [3.8, 4) is 5.82 Å². The van der Waals surface area contributed by atoms with Crippen molar-refractivity contribution in [2.45, 2.75) is 0 Å². The smallest absolute Gasteiger partial charge is 0.291 e. The highest BCUT2D eigenvalue weighted by Crippen LogP contribution is 2.16. The van der Waals surface area contributed by atoms with E-state index in [9.17, 15) is 4.79 Å². The highest BCUT2D eigenvalue weighted by atomic mass is 79.9. The minimum absolute atomic E-state index is 0.230. The van der Waals surface area contributed by atoms with E-state index in [0.29, 0.717) is 16.2 Å². The number of nitrogens with zero attached hydrogens (tertiary/aromatic N) is 3. The summed E-state index contributed by atoms with van der Waals surface area (Å²) >= 11 is 3.15. The number of amides is 1. The Morgan fingerprint density at radius 2 is 2.20 bits per heavy atom. The van der Waals surface area contributed by atoms with Gasteiger partial charge in [0.25, 0.3) is 5.91 Å². The minimum atomic E-state index is -0.329. The average molecular weight is 333 g/mol. The number of pyridine rings is 1. The second-order valence-corrected chi connectivity index (χ2v) is 4.70. The van der Waals surface area contributed by atoms with Crippen molar-refractivity contribution in [2.75, 3.05) is 5.32 Å². The van der Waals surface area contributed by atoms with E-state index in [-0.39, 0.29) is 11.7 Å². The number of rotatable bonds is 3. The summed E-state index contributed by atoms with van der Waals surface area (Å²) in [5, 5.41) is 6.77. The fraction of sp³-hybridized carbons (Fsp3) is 0. The average Bonchev–Trinajstić information content (AvgIpc) is 3.10. The van der Waals surface area contributed by atoms with E-state index in [0.717, 1.165) is 0 Å². The highest BCUT2D eigenvalue weighted by molar-refractivity contribution is 9.10. The molecule has 0 fully saturated rings. The Labute approximate surface area is 122 Å². The number of aromatic nitrogens is 3. The third-order valence-corrected chi connectivity index (χ3v) is 2.97. The molecule has 0 aromatic carbocycles. The van der Waals surface area contributed by atoms with E-state index in [1.807, 2.05) is 6.07 Å². The van der Waals surface area contributed by atoms with Crippen LogP contribution in [0.5, 0.6) is 0 Å². The van der Waals surface area contributed by atoms with Crippen LogP contribution in [0.3, 0.4) is 0 Å². The van der Waals surface area contributed by atoms with Gasteiger partial charge in [-0.15, -0.1) is 0 Å². The van der Waals surface area contributed by atoms with Crippen molar-refractivity contribution in [2.24, 2.45) is 0 Å². The lowest BCUT2D eigenvalue weighted by Crippen LogP contribution is -2.11. The largest absolute Gasteiger partial charge is 0.444 e. The molecule has 0 bridgehead atoms. The molecule has 0 atom stereocenters. The summed E-state index contributed by atoms with van der Waals surface area (Å²) in [4.78, 5) is 16.1. The summed E-state index contributed by atoms with van der Waals surface area (Å²) in [5.74, 6) is 0.575. The van der Waals surface area contributed by atoms with Gasteiger partial charge >= 0.3 is 0 Å². The Morgan fingerprint density at radius 1 is 1.30 bits per heavy atom. The molecule has 1 amide bonds. The molecule has 0 saturated heterocycles. The number of anilines is 1. The second kappa shape index (κ2) is 5.30. The van der Waals surface area contributed by atoms with Gasteiger partial charge in [0.1, 0.15) is 0 Å². The van der Waals surface area contributed by atoms with Gasteiger partial charge in [-0.2, -0.15) is 5.10 Å². The molecule has 100 valence electrons. The maximum Gasteiger partial charge on any atom is 0.291 e. The lowest BCUT2D eigenvalue weighted by atomic mass is 10.3. The lowest BCUT2D eigenvalue weighted by molar-refractivity contribution is 0.0995. The normalized spacial score (nSPS) is 10.4. The molecule has 0 unspecified atom stereocenters. The Morgan fingerprint density at radius 3 is 2.80 bits per heavy atom. The van der Waals surface area contributed by atoms with E-state index in [1.165, 1.54) is 0 Å². The molecule has 3 heterocycles. The molecule has 7 heteroatoms. The summed E-state index contributed by atoms with van der Waals surface area (Å²) in [6, 6.07) is 8.58. The molecular formula is C13H9BrN4O2. The van der Waals surface area contributed by atoms with Crippen LogP contribution in [0.4, 0.5) is 5.69 Å². The van der Waals surface area contributed by atoms with Crippen LogP contribution in [-0.2, 0) is 0 Å². The zero-order valence-corrected chi connectivity index (χ0v) is 11.7. The van der Waals surface area contributed by atoms with Crippen molar-refractivity contribution >= 4 is 27.5 Å². The standard InChI is InChI=1S/C13H9BrN4O2/c14-11-4-3-10(20-11)13(19)17-9-2-5-12(15-8-9)18-7-1-6-16-18/h1-8H,(H,17,19). The molecule has 0 aliphatic heterocycles. The van der Waals surface area contributed by atoms with Crippen molar-refractivity contribution in [3.05, 3.63) is 59.4 Å². The zero-order valence-electron chi connectivity index (χ0n) is 10.2. The first-order valence-electron chi connectivity index (χ1n) is 5.75. The van der Waals surface area contributed by atoms with E-state index >= 15 is 0 Å². The van der Waals surface area contributed by atoms with Crippen molar-refractivity contribution in [1.29, 1.82) is 0 Å². The predicted octanol–water partition coefficient (Wildman–Crippen LogP) is 2.88. The molecule has 20 heavy (non-hydrogen) atoms. The van der Waals surface area contributed by atoms with Gasteiger partial charge in [0.2, 0.25) is 0 Å². The Bertz CT molecular complexity index is 719. The molecule has 0 radical (unpaired) electrons. The van der Waals surface area contributed by atoms with Crippen LogP contribution >= 0.6 is 15.9 Å². The number of hydrogen-bond donors (Lipinski definition) is 1. The van der Waals surface area contributed by atoms with E-state index in [4.69, 9.17) is 4.42 Å². The van der Waals surface area contributed by atoms with Gasteiger partial charge in [-0.05, 0) is 46.3 Å². The molecule has 0 aliphatic carbocycles. The van der Waals surface area contributed by atoms with Crippen LogP contribution in [0.15, 0.2) is 58.0 Å². The van der Waals surface area contributed by atoms with Gasteiger partial charge < -0.3 is 9.73 Å². The quantitative estimate of drug-likeness (QED) is 0.800. The van der Waals surface area contributed by atoms with Crippen LogP contribution in [0, 0.1) is 0 Å². The van der Waals surface area contributed by atoms with Crippen LogP contribution < -0.4 is 5.32 Å². The van der Waals surface area contributed by atoms with Gasteiger partial charge in [0, 0.05) is 12.4 Å². The number of carbonyl (C=O) groups excluding carboxylic acids is 1. The topological polar surface area (TPSA) is 73.0 Å². The van der Waals surface area contributed by atoms with Crippen LogP contribution in [0.1, 0.15) is 10.6 Å². The first-order valence-corrected chi connectivity index (χ1v) is 6.54. The van der Waals surface area contributed by atoms with Crippen molar-refractivity contribution < 1.29 is 9.21 Å². The maximum absolute atomic E-state index is 11.9. The number of halogens is 1. The molecular weight excluding hydrogens is 324 g/mol. The van der Waals surface area contributed by atoms with Crippen LogP contribution in [-0.4, -0.2) is 20.7 Å². The molecule has 3 aromatic heterocycles. The summed E-state index contributed by atoms with van der Waals surface area (Å²) in [7, 11) is 0. The monoisotopic (exact) mass is 332 g/mol. The Hall–Kier alpha value is -2.41. The number of hydrogen-bond acceptors (Lipinski definition) is 4. The van der Waals surface area contributed by atoms with Gasteiger partial charge in [-0.1, -0.05) is 0 Å². The van der Waals surface area contributed by atoms with Gasteiger partial charge in [0.15, 0.2) is 16.2 Å². The highest BCUT2D eigenvalue weighted by Gasteiger charge is 2.10. The summed E-state index contributed by atoms with van der Waals surface area (Å²) in [6.45, 7) is 0. The first kappa shape index (κ1) is 12.6. The van der Waals surface area contributed by atoms with Crippen molar-refractivity contribution in [3.63, 3.8) is 0 Å². The summed E-state index contributed by atoms with van der Waals surface area (Å²) in [6.07, 6.45) is 5.03. The third kappa shape index (κ3) is 2.62. The summed E-state index contributed by atoms with van der Waals surface area (Å²) < 4.78 is 7.31. The van der Waals surface area contributed by atoms with Crippen LogP contribution in [0.25, 0.3) is 5.82 Å². The third-order valence-electron chi connectivity index (χ3n) is 2.54. The SMILES string of the molecule is O=C(Nc1ccc(-n2cccn2)nc1)c1ccc(Br)o1. The molecule has 0 spiro atoms. The number of carbonyl (C=O) groups is 1.